The van der Waals surface area contributed by atoms with Crippen molar-refractivity contribution < 1.29 is 0 Å². The molecule has 2 aromatic heterocycles. The monoisotopic (exact) mass is 295 g/mol. The largest absolute Gasteiger partial charge is 0.330 e. The highest BCUT2D eigenvalue weighted by Gasteiger charge is 2.19. The Labute approximate surface area is 120 Å². The number of nitrogens with one attached hydrogen (secondary N) is 1. The lowest BCUT2D eigenvalue weighted by Crippen LogP contribution is -2.23. The molecule has 0 radical (unpaired) electrons. The second-order valence-corrected chi connectivity index (χ2v) is 6.44. The Morgan fingerprint density at radius 2 is 2.16 bits per heavy atom. The van der Waals surface area contributed by atoms with E-state index in [1.807, 2.05) is 0 Å². The van der Waals surface area contributed by atoms with E-state index < -0.39 is 0 Å². The fourth-order valence-corrected chi connectivity index (χ4v) is 4.35. The molecule has 4 nitrogen and oxygen atoms in total. The van der Waals surface area contributed by atoms with Crippen LogP contribution in [0.4, 0.5) is 0 Å². The summed E-state index contributed by atoms with van der Waals surface area (Å²) in [4.78, 5) is 18.2. The third-order valence-corrected chi connectivity index (χ3v) is 5.21. The second-order valence-electron chi connectivity index (χ2n) is 4.94. The van der Waals surface area contributed by atoms with Crippen molar-refractivity contribution in [2.24, 2.45) is 5.73 Å². The molecule has 0 atom stereocenters. The van der Waals surface area contributed by atoms with E-state index in [1.54, 1.807) is 15.9 Å². The van der Waals surface area contributed by atoms with Crippen molar-refractivity contribution in [2.45, 2.75) is 38.6 Å². The van der Waals surface area contributed by atoms with Crippen molar-refractivity contribution >= 4 is 33.8 Å². The van der Waals surface area contributed by atoms with Gasteiger partial charge in [0, 0.05) is 11.4 Å². The minimum atomic E-state index is 0.0617. The van der Waals surface area contributed by atoms with Gasteiger partial charge in [0.05, 0.1) is 5.39 Å². The number of thiophene rings is 1. The molecule has 102 valence electrons. The molecule has 0 aliphatic heterocycles. The number of rotatable bonds is 3. The number of fused-ring (bicyclic) bond motifs is 3. The Kier molecular flexibility index (Phi) is 3.56. The van der Waals surface area contributed by atoms with Crippen LogP contribution in [0, 0.1) is 4.77 Å². The second kappa shape index (κ2) is 5.19. The third-order valence-electron chi connectivity index (χ3n) is 3.68. The summed E-state index contributed by atoms with van der Waals surface area (Å²) in [5.74, 6) is 0. The molecule has 2 aromatic rings. The highest BCUT2D eigenvalue weighted by atomic mass is 32.1. The maximum Gasteiger partial charge on any atom is 0.263 e. The highest BCUT2D eigenvalue weighted by Crippen LogP contribution is 2.33. The molecule has 1 aliphatic carbocycles. The summed E-state index contributed by atoms with van der Waals surface area (Å²) in [5, 5.41) is 0.866. The van der Waals surface area contributed by atoms with Gasteiger partial charge in [0.25, 0.3) is 5.56 Å². The van der Waals surface area contributed by atoms with Gasteiger partial charge < -0.3 is 10.7 Å². The lowest BCUT2D eigenvalue weighted by molar-refractivity contribution is 0.616. The summed E-state index contributed by atoms with van der Waals surface area (Å²) in [5.41, 5.74) is 6.84. The highest BCUT2D eigenvalue weighted by molar-refractivity contribution is 7.71. The summed E-state index contributed by atoms with van der Waals surface area (Å²) < 4.78 is 2.18. The van der Waals surface area contributed by atoms with Gasteiger partial charge in [-0.25, -0.2) is 0 Å². The van der Waals surface area contributed by atoms with Crippen molar-refractivity contribution in [1.82, 2.24) is 9.55 Å². The van der Waals surface area contributed by atoms with Gasteiger partial charge in [0.15, 0.2) is 4.77 Å². The molecule has 0 bridgehead atoms. The minimum Gasteiger partial charge on any atom is -0.330 e. The Balaban J connectivity index is 2.24. The van der Waals surface area contributed by atoms with Gasteiger partial charge in [-0.05, 0) is 56.4 Å². The average Bonchev–Trinajstić information content (AvgIpc) is 2.76. The van der Waals surface area contributed by atoms with Crippen LogP contribution < -0.4 is 11.3 Å². The van der Waals surface area contributed by atoms with Crippen molar-refractivity contribution in [2.75, 3.05) is 6.54 Å². The van der Waals surface area contributed by atoms with Crippen molar-refractivity contribution in [3.05, 3.63) is 25.6 Å². The molecular formula is C13H17N3OS2. The number of aromatic amines is 1. The predicted octanol–water partition coefficient (Wildman–Crippen LogP) is 2.35. The lowest BCUT2D eigenvalue weighted by Gasteiger charge is -2.10. The van der Waals surface area contributed by atoms with E-state index >= 15 is 0 Å². The predicted molar refractivity (Wildman–Crippen MR) is 81.6 cm³/mol. The van der Waals surface area contributed by atoms with Gasteiger partial charge in [-0.2, -0.15) is 0 Å². The number of aromatic nitrogens is 2. The first-order valence-corrected chi connectivity index (χ1v) is 7.92. The summed E-state index contributed by atoms with van der Waals surface area (Å²) in [6.07, 6.45) is 5.29. The molecule has 0 aromatic carbocycles. The molecule has 0 saturated heterocycles. The zero-order valence-corrected chi connectivity index (χ0v) is 12.3. The summed E-state index contributed by atoms with van der Waals surface area (Å²) in [6, 6.07) is 0. The normalized spacial score (nSPS) is 14.8. The molecule has 0 amide bonds. The Hall–Kier alpha value is -0.980. The summed E-state index contributed by atoms with van der Waals surface area (Å²) in [7, 11) is 0. The van der Waals surface area contributed by atoms with Gasteiger partial charge in [0.2, 0.25) is 0 Å². The minimum absolute atomic E-state index is 0.0617. The molecule has 0 saturated carbocycles. The molecule has 3 rings (SSSR count). The van der Waals surface area contributed by atoms with Crippen LogP contribution in [-0.2, 0) is 19.4 Å². The van der Waals surface area contributed by atoms with E-state index in [0.717, 1.165) is 29.5 Å². The van der Waals surface area contributed by atoms with E-state index in [2.05, 4.69) is 4.98 Å². The zero-order valence-electron chi connectivity index (χ0n) is 10.7. The lowest BCUT2D eigenvalue weighted by atomic mass is 9.97. The molecule has 6 heteroatoms. The quantitative estimate of drug-likeness (QED) is 0.854. The van der Waals surface area contributed by atoms with E-state index in [4.69, 9.17) is 18.0 Å². The van der Waals surface area contributed by atoms with Crippen molar-refractivity contribution in [3.8, 4) is 0 Å². The van der Waals surface area contributed by atoms with Gasteiger partial charge in [0.1, 0.15) is 4.83 Å². The number of H-pyrrole nitrogens is 1. The van der Waals surface area contributed by atoms with Gasteiger partial charge in [-0.3, -0.25) is 9.36 Å². The standard InChI is InChI=1S/C13H17N3OS2/c14-6-3-7-16-12(17)10-8-4-1-2-5-9(8)19-11(10)15-13(16)18/h1-7,14H2,(H,15,18). The van der Waals surface area contributed by atoms with Crippen LogP contribution in [0.2, 0.25) is 0 Å². The number of aryl methyl sites for hydroxylation is 2. The Morgan fingerprint density at radius 1 is 1.37 bits per heavy atom. The Morgan fingerprint density at radius 3 is 2.95 bits per heavy atom. The van der Waals surface area contributed by atoms with Crippen LogP contribution in [0.1, 0.15) is 29.7 Å². The van der Waals surface area contributed by atoms with Crippen LogP contribution in [0.15, 0.2) is 4.79 Å². The molecule has 3 N–H and O–H groups in total. The first kappa shape index (κ1) is 13.0. The van der Waals surface area contributed by atoms with Crippen LogP contribution in [0.25, 0.3) is 10.2 Å². The fourth-order valence-electron chi connectivity index (χ4n) is 2.72. The third kappa shape index (κ3) is 2.17. The number of hydrogen-bond acceptors (Lipinski definition) is 4. The van der Waals surface area contributed by atoms with Crippen molar-refractivity contribution in [3.63, 3.8) is 0 Å². The van der Waals surface area contributed by atoms with E-state index in [9.17, 15) is 4.79 Å². The Bertz CT molecular complexity index is 726. The zero-order chi connectivity index (χ0) is 13.4. The first-order valence-electron chi connectivity index (χ1n) is 6.70. The molecule has 2 heterocycles. The van der Waals surface area contributed by atoms with Gasteiger partial charge in [-0.15, -0.1) is 11.3 Å². The summed E-state index contributed by atoms with van der Waals surface area (Å²) >= 11 is 6.99. The van der Waals surface area contributed by atoms with Crippen molar-refractivity contribution in [1.29, 1.82) is 0 Å². The number of nitrogens with zero attached hydrogens (tertiary/aromatic N) is 1. The molecular weight excluding hydrogens is 278 g/mol. The SMILES string of the molecule is NCCCn1c(=S)[nH]c2sc3c(c2c1=O)CCCC3. The average molecular weight is 295 g/mol. The molecule has 0 unspecified atom stereocenters. The topological polar surface area (TPSA) is 63.8 Å². The van der Waals surface area contributed by atoms with Gasteiger partial charge >= 0.3 is 0 Å². The van der Waals surface area contributed by atoms with Crippen LogP contribution in [-0.4, -0.2) is 16.1 Å². The number of nitrogens with two attached hydrogens (primary N) is 1. The molecule has 0 fully saturated rings. The summed E-state index contributed by atoms with van der Waals surface area (Å²) in [6.45, 7) is 1.17. The van der Waals surface area contributed by atoms with Gasteiger partial charge in [-0.1, -0.05) is 0 Å². The fraction of sp³-hybridized carbons (Fsp3) is 0.538. The van der Waals surface area contributed by atoms with Crippen LogP contribution in [0.3, 0.4) is 0 Å². The number of hydrogen-bond donors (Lipinski definition) is 2. The van der Waals surface area contributed by atoms with Crippen LogP contribution in [0.5, 0.6) is 0 Å². The molecule has 0 spiro atoms. The van der Waals surface area contributed by atoms with E-state index in [-0.39, 0.29) is 5.56 Å². The molecule has 19 heavy (non-hydrogen) atoms. The molecule has 1 aliphatic rings. The van der Waals surface area contributed by atoms with E-state index in [1.165, 1.54) is 23.3 Å². The maximum absolute atomic E-state index is 12.6. The smallest absolute Gasteiger partial charge is 0.263 e. The maximum atomic E-state index is 12.6. The first-order chi connectivity index (χ1) is 9.22. The van der Waals surface area contributed by atoms with E-state index in [0.29, 0.717) is 17.9 Å². The van der Waals surface area contributed by atoms with Crippen LogP contribution >= 0.6 is 23.6 Å².